The lowest BCUT2D eigenvalue weighted by molar-refractivity contribution is -0.206. The molecular formula is C19H17F6N3O4. The molecular weight excluding hydrogens is 448 g/mol. The number of hydrogen-bond acceptors (Lipinski definition) is 5. The van der Waals surface area contributed by atoms with E-state index in [1.807, 2.05) is 0 Å². The predicted octanol–water partition coefficient (Wildman–Crippen LogP) is 3.61. The fraction of sp³-hybridized carbons (Fsp3) is 0.316. The zero-order valence-corrected chi connectivity index (χ0v) is 16.1. The standard InChI is InChI=1S/C12H10F6O2.C7H7N3O2/c13-7-1-2-8(9(4-7)20-11(14)15)6-3-10(19-5-6)12(16,17)18;8-7(12)6-3-5(10-4-11)1-2-9-6/h1-2,4,6,10-11H,3,5H2;1-4H,(H2,8,12)(H,9,10,11). The number of pyridine rings is 1. The molecule has 1 aliphatic rings. The lowest BCUT2D eigenvalue weighted by Gasteiger charge is -2.16. The largest absolute Gasteiger partial charge is 0.434 e. The number of benzene rings is 1. The Labute approximate surface area is 177 Å². The zero-order chi connectivity index (χ0) is 23.9. The second kappa shape index (κ2) is 10.8. The van der Waals surface area contributed by atoms with Crippen LogP contribution in [0.15, 0.2) is 36.5 Å². The van der Waals surface area contributed by atoms with Crippen molar-refractivity contribution in [3.8, 4) is 5.75 Å². The Hall–Kier alpha value is -3.35. The van der Waals surface area contributed by atoms with E-state index in [1.54, 1.807) is 6.07 Å². The third-order valence-corrected chi connectivity index (χ3v) is 4.23. The summed E-state index contributed by atoms with van der Waals surface area (Å²) < 4.78 is 83.7. The molecule has 1 aromatic heterocycles. The first-order valence-electron chi connectivity index (χ1n) is 8.90. The van der Waals surface area contributed by atoms with E-state index in [2.05, 4.69) is 19.8 Å². The van der Waals surface area contributed by atoms with Crippen LogP contribution in [0.25, 0.3) is 0 Å². The molecule has 2 unspecified atom stereocenters. The number of anilines is 1. The normalized spacial score (nSPS) is 18.0. The van der Waals surface area contributed by atoms with E-state index >= 15 is 0 Å². The summed E-state index contributed by atoms with van der Waals surface area (Å²) in [4.78, 5) is 24.3. The van der Waals surface area contributed by atoms with Crippen molar-refractivity contribution < 1.29 is 45.4 Å². The quantitative estimate of drug-likeness (QED) is 0.501. The lowest BCUT2D eigenvalue weighted by Crippen LogP contribution is -2.27. The number of aromatic nitrogens is 1. The van der Waals surface area contributed by atoms with Crippen molar-refractivity contribution in [3.63, 3.8) is 0 Å². The number of alkyl halides is 5. The molecule has 2 amide bonds. The number of rotatable bonds is 6. The van der Waals surface area contributed by atoms with E-state index in [4.69, 9.17) is 5.73 Å². The van der Waals surface area contributed by atoms with Gasteiger partial charge >= 0.3 is 12.8 Å². The first-order valence-corrected chi connectivity index (χ1v) is 8.90. The Morgan fingerprint density at radius 2 is 2.00 bits per heavy atom. The van der Waals surface area contributed by atoms with Crippen molar-refractivity contribution in [2.75, 3.05) is 11.9 Å². The Balaban J connectivity index is 0.000000258. The molecule has 3 rings (SSSR count). The summed E-state index contributed by atoms with van der Waals surface area (Å²) >= 11 is 0. The highest BCUT2D eigenvalue weighted by Gasteiger charge is 2.46. The summed E-state index contributed by atoms with van der Waals surface area (Å²) in [5, 5.41) is 2.37. The smallest absolute Gasteiger partial charge is 0.414 e. The second-order valence-corrected chi connectivity index (χ2v) is 6.41. The zero-order valence-electron chi connectivity index (χ0n) is 16.1. The molecule has 1 saturated heterocycles. The summed E-state index contributed by atoms with van der Waals surface area (Å²) in [5.74, 6) is -2.66. The van der Waals surface area contributed by atoms with Crippen LogP contribution in [0.4, 0.5) is 32.0 Å². The third-order valence-electron chi connectivity index (χ3n) is 4.23. The molecule has 2 atom stereocenters. The minimum atomic E-state index is -4.52. The van der Waals surface area contributed by atoms with Crippen LogP contribution in [0.3, 0.4) is 0 Å². The van der Waals surface area contributed by atoms with E-state index < -0.39 is 48.7 Å². The molecule has 7 nitrogen and oxygen atoms in total. The van der Waals surface area contributed by atoms with Gasteiger partial charge in [0.05, 0.1) is 6.61 Å². The second-order valence-electron chi connectivity index (χ2n) is 6.41. The third kappa shape index (κ3) is 7.11. The van der Waals surface area contributed by atoms with Gasteiger partial charge in [-0.1, -0.05) is 6.07 Å². The molecule has 0 bridgehead atoms. The number of carbonyl (C=O) groups excluding carboxylic acids is 2. The number of amides is 2. The molecule has 0 spiro atoms. The van der Waals surface area contributed by atoms with Gasteiger partial charge in [-0.05, 0) is 24.6 Å². The minimum absolute atomic E-state index is 0.0819. The van der Waals surface area contributed by atoms with Crippen LogP contribution >= 0.6 is 0 Å². The minimum Gasteiger partial charge on any atom is -0.434 e. The van der Waals surface area contributed by atoms with E-state index in [1.165, 1.54) is 12.3 Å². The van der Waals surface area contributed by atoms with Gasteiger partial charge in [0.15, 0.2) is 6.10 Å². The van der Waals surface area contributed by atoms with Gasteiger partial charge in [-0.3, -0.25) is 14.6 Å². The molecule has 0 aliphatic carbocycles. The number of hydrogen-bond donors (Lipinski definition) is 2. The van der Waals surface area contributed by atoms with E-state index in [9.17, 15) is 35.9 Å². The summed E-state index contributed by atoms with van der Waals surface area (Å²) in [5.41, 5.74) is 5.66. The highest BCUT2D eigenvalue weighted by atomic mass is 19.4. The monoisotopic (exact) mass is 465 g/mol. The Kier molecular flexibility index (Phi) is 8.41. The van der Waals surface area contributed by atoms with Crippen molar-refractivity contribution in [2.45, 2.75) is 31.2 Å². The maximum absolute atomic E-state index is 13.0. The van der Waals surface area contributed by atoms with Crippen molar-refractivity contribution in [2.24, 2.45) is 5.73 Å². The Morgan fingerprint density at radius 1 is 1.28 bits per heavy atom. The first-order chi connectivity index (χ1) is 15.0. The maximum Gasteiger partial charge on any atom is 0.414 e. The van der Waals surface area contributed by atoms with Crippen LogP contribution in [0.5, 0.6) is 5.75 Å². The molecule has 2 heterocycles. The van der Waals surface area contributed by atoms with Gasteiger partial charge in [0, 0.05) is 29.4 Å². The lowest BCUT2D eigenvalue weighted by atomic mass is 9.95. The Bertz CT molecular complexity index is 942. The van der Waals surface area contributed by atoms with Gasteiger partial charge in [0.1, 0.15) is 17.3 Å². The van der Waals surface area contributed by atoms with Gasteiger partial charge in [0.2, 0.25) is 6.41 Å². The summed E-state index contributed by atoms with van der Waals surface area (Å²) in [6.45, 7) is -3.47. The fourth-order valence-corrected chi connectivity index (χ4v) is 2.84. The molecule has 1 aliphatic heterocycles. The van der Waals surface area contributed by atoms with Crippen LogP contribution in [0.1, 0.15) is 28.4 Å². The number of halogens is 6. The molecule has 174 valence electrons. The van der Waals surface area contributed by atoms with E-state index in [-0.39, 0.29) is 17.9 Å². The van der Waals surface area contributed by atoms with Crippen molar-refractivity contribution in [3.05, 3.63) is 53.6 Å². The molecule has 3 N–H and O–H groups in total. The highest BCUT2D eigenvalue weighted by molar-refractivity contribution is 5.92. The van der Waals surface area contributed by atoms with Gasteiger partial charge in [-0.15, -0.1) is 0 Å². The van der Waals surface area contributed by atoms with E-state index in [0.717, 1.165) is 18.2 Å². The molecule has 0 saturated carbocycles. The SMILES string of the molecule is Fc1ccc(C2COC(C(F)(F)F)C2)c(OC(F)F)c1.NC(=O)c1cc(NC=O)ccn1. The maximum atomic E-state index is 13.0. The summed E-state index contributed by atoms with van der Waals surface area (Å²) in [6, 6.07) is 5.80. The molecule has 1 aromatic carbocycles. The fourth-order valence-electron chi connectivity index (χ4n) is 2.84. The van der Waals surface area contributed by atoms with Crippen molar-refractivity contribution >= 4 is 18.0 Å². The number of nitrogens with two attached hydrogens (primary N) is 1. The number of nitrogens with zero attached hydrogens (tertiary/aromatic N) is 1. The average Bonchev–Trinajstić information content (AvgIpc) is 3.19. The van der Waals surface area contributed by atoms with Crippen molar-refractivity contribution in [1.82, 2.24) is 4.98 Å². The van der Waals surface area contributed by atoms with Crippen LogP contribution < -0.4 is 15.8 Å². The van der Waals surface area contributed by atoms with Gasteiger partial charge in [-0.2, -0.15) is 22.0 Å². The van der Waals surface area contributed by atoms with Crippen LogP contribution in [0.2, 0.25) is 0 Å². The predicted molar refractivity (Wildman–Crippen MR) is 98.6 cm³/mol. The molecule has 13 heteroatoms. The number of ether oxygens (including phenoxy) is 2. The van der Waals surface area contributed by atoms with Crippen LogP contribution in [-0.2, 0) is 9.53 Å². The molecule has 0 radical (unpaired) electrons. The van der Waals surface area contributed by atoms with E-state index in [0.29, 0.717) is 12.1 Å². The van der Waals surface area contributed by atoms with Crippen molar-refractivity contribution in [1.29, 1.82) is 0 Å². The number of carbonyl (C=O) groups is 2. The van der Waals surface area contributed by atoms with Crippen LogP contribution in [-0.4, -0.2) is 42.8 Å². The van der Waals surface area contributed by atoms with Gasteiger partial charge < -0.3 is 20.5 Å². The molecule has 1 fully saturated rings. The highest BCUT2D eigenvalue weighted by Crippen LogP contribution is 2.40. The number of primary amides is 1. The topological polar surface area (TPSA) is 104 Å². The van der Waals surface area contributed by atoms with Gasteiger partial charge in [-0.25, -0.2) is 4.39 Å². The first kappa shape index (κ1) is 24.9. The van der Waals surface area contributed by atoms with Crippen LogP contribution in [0, 0.1) is 5.82 Å². The van der Waals surface area contributed by atoms with Gasteiger partial charge in [0.25, 0.3) is 5.91 Å². The summed E-state index contributed by atoms with van der Waals surface area (Å²) in [7, 11) is 0. The average molecular weight is 465 g/mol. The Morgan fingerprint density at radius 3 is 2.56 bits per heavy atom. The molecule has 32 heavy (non-hydrogen) atoms. The molecule has 2 aromatic rings. The summed E-state index contributed by atoms with van der Waals surface area (Å²) in [6.07, 6.45) is -4.96. The number of nitrogens with one attached hydrogen (secondary N) is 1.